The van der Waals surface area contributed by atoms with Gasteiger partial charge in [-0.3, -0.25) is 24.2 Å². The van der Waals surface area contributed by atoms with Crippen LogP contribution in [0.25, 0.3) is 22.3 Å². The molecule has 8 N–H and O–H groups in total. The SMILES string of the molecule is C=C1N(C)C(N)=N[C@]1(CCc1ccccc1)C[C@H]1CCC[C@@H](NC(=O)C2CC[NH+]([O-])CC2)C1.COc1cccc(-c2cccc(C3(c4ccccc4)N=C(N)N(C)C3=O)c2)c1.NC1=NC(c2cccc(-c3cccc(Cl)c3)c2)(C2CC2)C(=O)N1C1CC1. The summed E-state index contributed by atoms with van der Waals surface area (Å²) < 4.78 is 5.34. The molecule has 87 heavy (non-hydrogen) atoms. The van der Waals surface area contributed by atoms with Crippen LogP contribution in [0, 0.1) is 23.0 Å². The zero-order valence-electron chi connectivity index (χ0n) is 50.0. The summed E-state index contributed by atoms with van der Waals surface area (Å²) >= 11 is 6.15. The number of quaternary nitrogens is 1. The molecule has 1 saturated heterocycles. The van der Waals surface area contributed by atoms with Crippen molar-refractivity contribution >= 4 is 47.2 Å². The highest BCUT2D eigenvalue weighted by Crippen LogP contribution is 2.53. The van der Waals surface area contributed by atoms with Crippen LogP contribution in [-0.4, -0.2) is 102 Å². The molecule has 5 atom stereocenters. The number of nitrogens with zero attached hydrogens (tertiary/aromatic N) is 6. The number of halogens is 1. The number of likely N-dealkylation sites (N-methyl/N-ethyl adjacent to an activating group) is 2. The van der Waals surface area contributed by atoms with Gasteiger partial charge in [0.1, 0.15) is 11.3 Å². The fourth-order valence-electron chi connectivity index (χ4n) is 13.5. The normalized spacial score (nSPS) is 26.0. The van der Waals surface area contributed by atoms with Crippen molar-refractivity contribution in [1.82, 2.24) is 20.0 Å². The van der Waals surface area contributed by atoms with E-state index < -0.39 is 11.1 Å². The molecule has 4 aliphatic heterocycles. The van der Waals surface area contributed by atoms with Crippen LogP contribution in [0.3, 0.4) is 0 Å². The summed E-state index contributed by atoms with van der Waals surface area (Å²) in [6, 6.07) is 52.1. The van der Waals surface area contributed by atoms with E-state index in [-0.39, 0.29) is 53.1 Å². The molecule has 0 aromatic heterocycles. The van der Waals surface area contributed by atoms with E-state index in [9.17, 15) is 19.6 Å². The molecular weight excluding hydrogens is 1110 g/mol. The van der Waals surface area contributed by atoms with Gasteiger partial charge in [0.25, 0.3) is 11.8 Å². The van der Waals surface area contributed by atoms with E-state index in [4.69, 9.17) is 43.5 Å². The third-order valence-corrected chi connectivity index (χ3v) is 18.9. The Labute approximate surface area is 515 Å². The summed E-state index contributed by atoms with van der Waals surface area (Å²) in [4.78, 5) is 59.0. The maximum atomic E-state index is 13.4. The number of aryl methyl sites for hydroxylation is 1. The van der Waals surface area contributed by atoms with E-state index in [0.29, 0.717) is 53.9 Å². The van der Waals surface area contributed by atoms with Gasteiger partial charge in [0.05, 0.1) is 20.2 Å². The zero-order chi connectivity index (χ0) is 61.0. The smallest absolute Gasteiger partial charge is 0.266 e. The van der Waals surface area contributed by atoms with Gasteiger partial charge in [0.15, 0.2) is 29.0 Å². The lowest BCUT2D eigenvalue weighted by atomic mass is 9.74. The van der Waals surface area contributed by atoms with Crippen molar-refractivity contribution in [2.24, 2.45) is 49.9 Å². The first-order valence-corrected chi connectivity index (χ1v) is 31.0. The highest BCUT2D eigenvalue weighted by Gasteiger charge is 2.60. The zero-order valence-corrected chi connectivity index (χ0v) is 50.8. The van der Waals surface area contributed by atoms with Gasteiger partial charge in [-0.15, -0.1) is 0 Å². The molecule has 0 bridgehead atoms. The Bertz CT molecular complexity index is 3600. The molecule has 17 heteroatoms. The minimum Gasteiger partial charge on any atom is -0.634 e. The number of amides is 3. The van der Waals surface area contributed by atoms with Gasteiger partial charge in [0, 0.05) is 55.7 Å². The Hall–Kier alpha value is -8.31. The molecule has 7 aliphatic rings. The van der Waals surface area contributed by atoms with Crippen molar-refractivity contribution < 1.29 is 24.2 Å². The molecule has 6 aromatic carbocycles. The second-order valence-corrected chi connectivity index (χ2v) is 24.9. The van der Waals surface area contributed by atoms with E-state index >= 15 is 0 Å². The molecule has 4 fully saturated rings. The molecule has 6 aromatic rings. The van der Waals surface area contributed by atoms with Gasteiger partial charge < -0.3 is 42.4 Å². The molecule has 3 saturated carbocycles. The fourth-order valence-corrected chi connectivity index (χ4v) is 13.7. The number of rotatable bonds is 15. The first-order valence-electron chi connectivity index (χ1n) is 30.7. The van der Waals surface area contributed by atoms with Crippen LogP contribution in [0.1, 0.15) is 99.3 Å². The van der Waals surface area contributed by atoms with Crippen LogP contribution in [0.15, 0.2) is 185 Å². The standard InChI is InChI=1S/C26H39N5O2.C23H21N3O2.C21H20ClN3O/c1-19-26(29-25(27)30(19)2,14-11-20-7-4-3-5-8-20)18-21-9-6-10-23(17-21)28-24(32)22-12-15-31(33)16-13-22;1-26-21(27)23(25-22(26)24,18-10-4-3-5-11-18)19-12-6-8-16(14-19)17-9-7-13-20(15-17)28-2;22-17-6-2-4-14(12-17)13-3-1-5-16(11-13)21(15-7-8-15)19(26)25(18-9-10-18)20(23)24-21/h3-5,7-8,21-23,31H,1,6,9-18H2,2H3,(H2,27,29)(H,28,32);3-15H,1-2H3,(H2,24,25);1-6,11-12,15,18H,7-10H2,(H2,23,24)/t21-,23+,26+;;/m0../s1. The average molecular weight is 1190 g/mol. The van der Waals surface area contributed by atoms with Crippen LogP contribution in [-0.2, 0) is 31.9 Å². The summed E-state index contributed by atoms with van der Waals surface area (Å²) in [6.45, 7) is 5.48. The maximum absolute atomic E-state index is 13.4. The number of hydroxylamine groups is 2. The number of ether oxygens (including phenoxy) is 1. The number of nitrogens with two attached hydrogens (primary N) is 3. The third kappa shape index (κ3) is 12.6. The van der Waals surface area contributed by atoms with Crippen LogP contribution in [0.2, 0.25) is 5.02 Å². The molecule has 0 radical (unpaired) electrons. The van der Waals surface area contributed by atoms with Crippen molar-refractivity contribution in [1.29, 1.82) is 0 Å². The second kappa shape index (κ2) is 25.6. The molecule has 2 unspecified atom stereocenters. The van der Waals surface area contributed by atoms with Crippen LogP contribution >= 0.6 is 11.6 Å². The number of hydrogen-bond acceptors (Lipinski definition) is 12. The molecule has 4 heterocycles. The largest absolute Gasteiger partial charge is 0.634 e. The number of carbonyl (C=O) groups excluding carboxylic acids is 3. The number of methoxy groups -OCH3 is 1. The van der Waals surface area contributed by atoms with Crippen molar-refractivity contribution in [3.63, 3.8) is 0 Å². The molecule has 452 valence electrons. The van der Waals surface area contributed by atoms with Gasteiger partial charge in [-0.1, -0.05) is 152 Å². The van der Waals surface area contributed by atoms with E-state index in [0.717, 1.165) is 121 Å². The molecule has 3 aliphatic carbocycles. The minimum absolute atomic E-state index is 0.00653. The van der Waals surface area contributed by atoms with Crippen LogP contribution in [0.4, 0.5) is 0 Å². The number of carbonyl (C=O) groups is 3. The van der Waals surface area contributed by atoms with Gasteiger partial charge >= 0.3 is 0 Å². The summed E-state index contributed by atoms with van der Waals surface area (Å²) in [7, 11) is 5.24. The number of hydrogen-bond donors (Lipinski definition) is 5. The lowest BCUT2D eigenvalue weighted by molar-refractivity contribution is -0.854. The third-order valence-electron chi connectivity index (χ3n) is 18.7. The average Bonchev–Trinajstić information content (AvgIpc) is 1.66. The van der Waals surface area contributed by atoms with Crippen molar-refractivity contribution in [3.8, 4) is 28.0 Å². The quantitative estimate of drug-likeness (QED) is 0.0617. The second-order valence-electron chi connectivity index (χ2n) is 24.5. The maximum Gasteiger partial charge on any atom is 0.266 e. The van der Waals surface area contributed by atoms with E-state index in [1.165, 1.54) is 10.5 Å². The molecule has 0 spiro atoms. The summed E-state index contributed by atoms with van der Waals surface area (Å²) in [6.07, 6.45) is 12.4. The first-order chi connectivity index (χ1) is 42.0. The number of guanidine groups is 3. The molecule has 16 nitrogen and oxygen atoms in total. The molecule has 3 amide bonds. The Morgan fingerprint density at radius 3 is 1.89 bits per heavy atom. The topological polar surface area (TPSA) is 225 Å². The molecular formula is C70H80ClN11O5. The van der Waals surface area contributed by atoms with Crippen LogP contribution in [0.5, 0.6) is 5.75 Å². The van der Waals surface area contributed by atoms with E-state index in [1.807, 2.05) is 139 Å². The van der Waals surface area contributed by atoms with Gasteiger partial charge in [-0.2, -0.15) is 0 Å². The predicted molar refractivity (Wildman–Crippen MR) is 344 cm³/mol. The number of benzene rings is 6. The Balaban J connectivity index is 0.000000136. The lowest BCUT2D eigenvalue weighted by Crippen LogP contribution is -3.08. The first kappa shape index (κ1) is 60.4. The van der Waals surface area contributed by atoms with Gasteiger partial charge in [0.2, 0.25) is 5.91 Å². The van der Waals surface area contributed by atoms with Crippen molar-refractivity contribution in [2.45, 2.75) is 112 Å². The minimum atomic E-state index is -1.19. The van der Waals surface area contributed by atoms with Crippen molar-refractivity contribution in [3.05, 3.63) is 202 Å². The Morgan fingerprint density at radius 2 is 1.28 bits per heavy atom. The summed E-state index contributed by atoms with van der Waals surface area (Å²) in [5, 5.41) is 15.8. The Morgan fingerprint density at radius 1 is 0.678 bits per heavy atom. The van der Waals surface area contributed by atoms with E-state index in [1.54, 1.807) is 19.1 Å². The van der Waals surface area contributed by atoms with Crippen molar-refractivity contribution in [2.75, 3.05) is 34.3 Å². The molecule has 13 rings (SSSR count). The summed E-state index contributed by atoms with van der Waals surface area (Å²) in [5.41, 5.74) is 24.9. The number of piperidine rings is 1. The highest BCUT2D eigenvalue weighted by atomic mass is 35.5. The Kier molecular flexibility index (Phi) is 17.7. The monoisotopic (exact) mass is 1190 g/mol. The number of aliphatic imine (C=N–C) groups is 3. The predicted octanol–water partition coefficient (Wildman–Crippen LogP) is 9.31. The van der Waals surface area contributed by atoms with E-state index in [2.05, 4.69) is 47.2 Å². The fraction of sp³-hybridized carbons (Fsp3) is 0.371. The number of nitrogens with one attached hydrogen (secondary N) is 2. The van der Waals surface area contributed by atoms with Crippen LogP contribution < -0.4 is 32.3 Å². The lowest BCUT2D eigenvalue weighted by Gasteiger charge is -2.37. The van der Waals surface area contributed by atoms with Gasteiger partial charge in [-0.05, 0) is 151 Å². The highest BCUT2D eigenvalue weighted by molar-refractivity contribution is 6.30. The van der Waals surface area contributed by atoms with Gasteiger partial charge in [-0.25, -0.2) is 15.0 Å². The summed E-state index contributed by atoms with van der Waals surface area (Å²) in [5.74, 6) is 2.65.